The van der Waals surface area contributed by atoms with Crippen LogP contribution in [-0.2, 0) is 17.8 Å². The summed E-state index contributed by atoms with van der Waals surface area (Å²) in [5.41, 5.74) is 3.73. The van der Waals surface area contributed by atoms with Gasteiger partial charge in [0.05, 0.1) is 12.6 Å². The lowest BCUT2D eigenvalue weighted by atomic mass is 9.92. The van der Waals surface area contributed by atoms with Gasteiger partial charge in [-0.3, -0.25) is 9.69 Å². The second kappa shape index (κ2) is 6.81. The average molecular weight is 341 g/mol. The lowest BCUT2D eigenvalue weighted by molar-refractivity contribution is -0.133. The number of hydrogen-bond donors (Lipinski definition) is 2. The van der Waals surface area contributed by atoms with Crippen LogP contribution in [0.1, 0.15) is 31.0 Å². The highest BCUT2D eigenvalue weighted by atomic mass is 16.3. The standard InChI is InChI=1S/C20H27N3O2/c1-14(24)15-6-9-22(10-7-15)13-20(25)23-11-8-19-17(12-23)16-4-2-3-5-18(16)21-19/h2-5,14-15,21,24H,6-13H2,1H3. The number of aromatic amines is 1. The molecule has 5 heteroatoms. The van der Waals surface area contributed by atoms with Crippen LogP contribution in [0.3, 0.4) is 0 Å². The largest absolute Gasteiger partial charge is 0.393 e. The van der Waals surface area contributed by atoms with Crippen LogP contribution in [0.2, 0.25) is 0 Å². The zero-order valence-corrected chi connectivity index (χ0v) is 14.9. The van der Waals surface area contributed by atoms with Crippen LogP contribution in [-0.4, -0.2) is 58.1 Å². The topological polar surface area (TPSA) is 59.6 Å². The first-order valence-corrected chi connectivity index (χ1v) is 9.38. The van der Waals surface area contributed by atoms with Crippen LogP contribution in [0.5, 0.6) is 0 Å². The van der Waals surface area contributed by atoms with E-state index in [4.69, 9.17) is 0 Å². The van der Waals surface area contributed by atoms with Crippen molar-refractivity contribution in [2.45, 2.75) is 38.8 Å². The van der Waals surface area contributed by atoms with E-state index < -0.39 is 0 Å². The normalized spacial score (nSPS) is 20.6. The van der Waals surface area contributed by atoms with Crippen molar-refractivity contribution in [3.8, 4) is 0 Å². The molecule has 1 atom stereocenters. The maximum atomic E-state index is 12.8. The molecular weight excluding hydrogens is 314 g/mol. The van der Waals surface area contributed by atoms with Crippen molar-refractivity contribution in [3.63, 3.8) is 0 Å². The molecule has 2 aliphatic rings. The third kappa shape index (κ3) is 3.31. The van der Waals surface area contributed by atoms with Crippen molar-refractivity contribution in [2.24, 2.45) is 5.92 Å². The molecule has 0 saturated carbocycles. The molecule has 3 heterocycles. The molecule has 1 amide bonds. The van der Waals surface area contributed by atoms with Crippen molar-refractivity contribution in [2.75, 3.05) is 26.2 Å². The van der Waals surface area contributed by atoms with Gasteiger partial charge in [0.2, 0.25) is 5.91 Å². The van der Waals surface area contributed by atoms with E-state index in [2.05, 4.69) is 28.1 Å². The fourth-order valence-corrected chi connectivity index (χ4v) is 4.26. The molecule has 2 N–H and O–H groups in total. The second-order valence-corrected chi connectivity index (χ2v) is 7.55. The SMILES string of the molecule is CC(O)C1CCN(CC(=O)N2CCc3[nH]c4ccccc4c3C2)CC1. The predicted octanol–water partition coefficient (Wildman–Crippen LogP) is 2.15. The molecule has 0 bridgehead atoms. The van der Waals surface area contributed by atoms with Gasteiger partial charge in [0.1, 0.15) is 0 Å². The molecule has 1 aromatic heterocycles. The molecule has 134 valence electrons. The Morgan fingerprint density at radius 1 is 1.28 bits per heavy atom. The van der Waals surface area contributed by atoms with Gasteiger partial charge >= 0.3 is 0 Å². The first kappa shape index (κ1) is 16.6. The summed E-state index contributed by atoms with van der Waals surface area (Å²) in [5, 5.41) is 11.0. The van der Waals surface area contributed by atoms with E-state index in [1.807, 2.05) is 17.9 Å². The van der Waals surface area contributed by atoms with Crippen LogP contribution >= 0.6 is 0 Å². The van der Waals surface area contributed by atoms with Crippen LogP contribution in [0, 0.1) is 5.92 Å². The number of H-pyrrole nitrogens is 1. The summed E-state index contributed by atoms with van der Waals surface area (Å²) in [5.74, 6) is 0.613. The molecule has 1 unspecified atom stereocenters. The highest BCUT2D eigenvalue weighted by molar-refractivity contribution is 5.86. The number of aromatic nitrogens is 1. The Morgan fingerprint density at radius 3 is 2.80 bits per heavy atom. The Balaban J connectivity index is 1.39. The number of nitrogens with zero attached hydrogens (tertiary/aromatic N) is 2. The third-order valence-corrected chi connectivity index (χ3v) is 5.91. The van der Waals surface area contributed by atoms with Crippen LogP contribution < -0.4 is 0 Å². The van der Waals surface area contributed by atoms with Gasteiger partial charge in [-0.25, -0.2) is 0 Å². The monoisotopic (exact) mass is 341 g/mol. The summed E-state index contributed by atoms with van der Waals surface area (Å²) in [6, 6.07) is 8.35. The Labute approximate surface area is 148 Å². The van der Waals surface area contributed by atoms with Crippen molar-refractivity contribution in [1.82, 2.24) is 14.8 Å². The number of rotatable bonds is 3. The average Bonchev–Trinajstić information content (AvgIpc) is 3.00. The van der Waals surface area contributed by atoms with Crippen molar-refractivity contribution < 1.29 is 9.90 Å². The summed E-state index contributed by atoms with van der Waals surface area (Å²) in [6.07, 6.45) is 2.63. The molecule has 0 spiro atoms. The lowest BCUT2D eigenvalue weighted by Crippen LogP contribution is -2.45. The Kier molecular flexibility index (Phi) is 4.52. The smallest absolute Gasteiger partial charge is 0.237 e. The number of benzene rings is 1. The Bertz CT molecular complexity index is 759. The summed E-state index contributed by atoms with van der Waals surface area (Å²) in [6.45, 7) is 5.70. The zero-order valence-electron chi connectivity index (χ0n) is 14.9. The lowest BCUT2D eigenvalue weighted by Gasteiger charge is -2.35. The van der Waals surface area contributed by atoms with Crippen LogP contribution in [0.15, 0.2) is 24.3 Å². The number of carbonyl (C=O) groups excluding carboxylic acids is 1. The molecule has 0 aliphatic carbocycles. The van der Waals surface area contributed by atoms with Crippen molar-refractivity contribution >= 4 is 16.8 Å². The number of piperidine rings is 1. The van der Waals surface area contributed by atoms with Crippen molar-refractivity contribution in [1.29, 1.82) is 0 Å². The van der Waals surface area contributed by atoms with Crippen molar-refractivity contribution in [3.05, 3.63) is 35.5 Å². The minimum Gasteiger partial charge on any atom is -0.393 e. The number of aliphatic hydroxyl groups is 1. The fourth-order valence-electron chi connectivity index (χ4n) is 4.26. The molecule has 1 aromatic carbocycles. The quantitative estimate of drug-likeness (QED) is 0.899. The number of para-hydroxylation sites is 1. The summed E-state index contributed by atoms with van der Waals surface area (Å²) >= 11 is 0. The van der Waals surface area contributed by atoms with E-state index in [0.717, 1.165) is 38.9 Å². The number of fused-ring (bicyclic) bond motifs is 3. The predicted molar refractivity (Wildman–Crippen MR) is 98.3 cm³/mol. The number of hydrogen-bond acceptors (Lipinski definition) is 3. The van der Waals surface area contributed by atoms with E-state index in [1.54, 1.807) is 0 Å². The van der Waals surface area contributed by atoms with Gasteiger partial charge < -0.3 is 15.0 Å². The maximum Gasteiger partial charge on any atom is 0.237 e. The van der Waals surface area contributed by atoms with E-state index in [1.165, 1.54) is 22.2 Å². The van der Waals surface area contributed by atoms with Gasteiger partial charge in [-0.05, 0) is 44.8 Å². The van der Waals surface area contributed by atoms with Gasteiger partial charge in [0.25, 0.3) is 0 Å². The highest BCUT2D eigenvalue weighted by Gasteiger charge is 2.27. The van der Waals surface area contributed by atoms with Gasteiger partial charge in [0, 0.05) is 41.7 Å². The van der Waals surface area contributed by atoms with E-state index in [-0.39, 0.29) is 12.0 Å². The van der Waals surface area contributed by atoms with E-state index in [9.17, 15) is 9.90 Å². The first-order valence-electron chi connectivity index (χ1n) is 9.38. The number of amides is 1. The molecule has 1 fully saturated rings. The highest BCUT2D eigenvalue weighted by Crippen LogP contribution is 2.28. The molecule has 5 nitrogen and oxygen atoms in total. The number of likely N-dealkylation sites (tertiary alicyclic amines) is 1. The number of carbonyl (C=O) groups is 1. The molecule has 0 radical (unpaired) electrons. The second-order valence-electron chi connectivity index (χ2n) is 7.55. The summed E-state index contributed by atoms with van der Waals surface area (Å²) in [4.78, 5) is 20.5. The minimum absolute atomic E-state index is 0.228. The Hall–Kier alpha value is -1.85. The minimum atomic E-state index is -0.236. The molecule has 1 saturated heterocycles. The van der Waals surface area contributed by atoms with E-state index >= 15 is 0 Å². The number of aliphatic hydroxyl groups excluding tert-OH is 1. The molecule has 4 rings (SSSR count). The Morgan fingerprint density at radius 2 is 2.04 bits per heavy atom. The summed E-state index contributed by atoms with van der Waals surface area (Å²) in [7, 11) is 0. The maximum absolute atomic E-state index is 12.8. The molecule has 2 aromatic rings. The van der Waals surface area contributed by atoms with Gasteiger partial charge in [0.15, 0.2) is 0 Å². The fraction of sp³-hybridized carbons (Fsp3) is 0.550. The van der Waals surface area contributed by atoms with E-state index in [0.29, 0.717) is 19.0 Å². The van der Waals surface area contributed by atoms with Gasteiger partial charge in [-0.1, -0.05) is 18.2 Å². The van der Waals surface area contributed by atoms with Crippen LogP contribution in [0.4, 0.5) is 0 Å². The third-order valence-electron chi connectivity index (χ3n) is 5.91. The van der Waals surface area contributed by atoms with Crippen LogP contribution in [0.25, 0.3) is 10.9 Å². The molecule has 2 aliphatic heterocycles. The first-order chi connectivity index (χ1) is 12.1. The molecule has 25 heavy (non-hydrogen) atoms. The summed E-state index contributed by atoms with van der Waals surface area (Å²) < 4.78 is 0. The zero-order chi connectivity index (χ0) is 17.4. The van der Waals surface area contributed by atoms with Gasteiger partial charge in [-0.2, -0.15) is 0 Å². The molecular formula is C20H27N3O2. The van der Waals surface area contributed by atoms with Gasteiger partial charge in [-0.15, -0.1) is 0 Å². The number of nitrogens with one attached hydrogen (secondary N) is 1.